The molecule has 9 heteroatoms. The lowest BCUT2D eigenvalue weighted by atomic mass is 9.92. The summed E-state index contributed by atoms with van der Waals surface area (Å²) in [5, 5.41) is 14.7. The number of amides is 1. The third-order valence-electron chi connectivity index (χ3n) is 7.20. The largest absolute Gasteiger partial charge is 0.502 e. The van der Waals surface area contributed by atoms with Crippen LogP contribution in [0.5, 0.6) is 5.75 Å². The number of morpholine rings is 1. The normalized spacial score (nSPS) is 20.1. The molecule has 7 rings (SSSR count). The van der Waals surface area contributed by atoms with E-state index in [1.54, 1.807) is 33.0 Å². The lowest BCUT2D eigenvalue weighted by molar-refractivity contribution is -0.0196. The number of benzene rings is 2. The zero-order valence-electron chi connectivity index (χ0n) is 18.9. The van der Waals surface area contributed by atoms with E-state index in [0.29, 0.717) is 13.2 Å². The average Bonchev–Trinajstić information content (AvgIpc) is 3.35. The Labute approximate surface area is 209 Å². The summed E-state index contributed by atoms with van der Waals surface area (Å²) < 4.78 is 22.0. The summed E-state index contributed by atoms with van der Waals surface area (Å²) in [6.07, 6.45) is 1.01. The molecule has 3 aliphatic rings. The number of fused-ring (bicyclic) bond motifs is 7. The number of halogens is 1. The highest BCUT2D eigenvalue weighted by atomic mass is 32.1. The zero-order valence-corrected chi connectivity index (χ0v) is 19.7. The maximum atomic E-state index is 14.6. The Morgan fingerprint density at radius 1 is 1.00 bits per heavy atom. The molecule has 0 bridgehead atoms. The molecule has 7 nitrogen and oxygen atoms in total. The second-order valence-corrected chi connectivity index (χ2v) is 9.96. The highest BCUT2D eigenvalue weighted by Crippen LogP contribution is 2.50. The minimum absolute atomic E-state index is 0.0826. The fourth-order valence-electron chi connectivity index (χ4n) is 5.66. The quantitative estimate of drug-likeness (QED) is 0.428. The first-order valence-corrected chi connectivity index (χ1v) is 12.5. The molecule has 0 saturated carbocycles. The van der Waals surface area contributed by atoms with Crippen LogP contribution < -0.4 is 10.4 Å². The Kier molecular flexibility index (Phi) is 4.61. The third kappa shape index (κ3) is 2.87. The van der Waals surface area contributed by atoms with Gasteiger partial charge in [-0.25, -0.2) is 4.39 Å². The summed E-state index contributed by atoms with van der Waals surface area (Å²) >= 11 is 1.59. The number of aromatic hydroxyl groups is 1. The number of thiophene rings is 1. The predicted octanol–water partition coefficient (Wildman–Crippen LogP) is 3.94. The number of hydrogen-bond acceptors (Lipinski definition) is 6. The molecule has 2 aliphatic heterocycles. The number of carbonyl (C=O) groups is 1. The van der Waals surface area contributed by atoms with Crippen LogP contribution in [0.4, 0.5) is 4.39 Å². The van der Waals surface area contributed by atoms with Gasteiger partial charge in [-0.3, -0.25) is 19.3 Å². The Hall–Kier alpha value is -3.95. The van der Waals surface area contributed by atoms with Gasteiger partial charge in [0, 0.05) is 29.2 Å². The molecule has 1 N–H and O–H groups in total. The van der Waals surface area contributed by atoms with E-state index in [4.69, 9.17) is 4.74 Å². The molecular formula is C27H20FN3O4S. The lowest BCUT2D eigenvalue weighted by Gasteiger charge is -2.51. The smallest absolute Gasteiger partial charge is 0.278 e. The first-order chi connectivity index (χ1) is 17.5. The number of carbonyl (C=O) groups excluding carboxylic acids is 1. The SMILES string of the molecule is O=C1c2c(O)c(=O)ccn2N([C@@H]2c3ccc(F)cc3-c3ccsc3-c3ccccc32)[C@@H]2COCCN12. The van der Waals surface area contributed by atoms with Crippen molar-refractivity contribution in [3.63, 3.8) is 0 Å². The molecule has 0 unspecified atom stereocenters. The van der Waals surface area contributed by atoms with Crippen molar-refractivity contribution in [3.05, 3.63) is 99.0 Å². The fraction of sp³-hybridized carbons (Fsp3) is 0.185. The van der Waals surface area contributed by atoms with Gasteiger partial charge >= 0.3 is 0 Å². The van der Waals surface area contributed by atoms with Crippen LogP contribution in [0.15, 0.2) is 71.0 Å². The number of pyridine rings is 1. The summed E-state index contributed by atoms with van der Waals surface area (Å²) in [5.74, 6) is -1.35. The van der Waals surface area contributed by atoms with Gasteiger partial charge < -0.3 is 14.7 Å². The van der Waals surface area contributed by atoms with Crippen molar-refractivity contribution < 1.29 is 19.0 Å². The summed E-state index contributed by atoms with van der Waals surface area (Å²) in [7, 11) is 0. The molecule has 1 aliphatic carbocycles. The molecule has 1 fully saturated rings. The summed E-state index contributed by atoms with van der Waals surface area (Å²) in [5.41, 5.74) is 3.83. The number of ether oxygens (including phenoxy) is 1. The molecule has 0 spiro atoms. The molecule has 180 valence electrons. The van der Waals surface area contributed by atoms with Gasteiger partial charge in [-0.1, -0.05) is 30.3 Å². The van der Waals surface area contributed by atoms with E-state index in [1.165, 1.54) is 18.3 Å². The van der Waals surface area contributed by atoms with Crippen molar-refractivity contribution in [1.82, 2.24) is 9.58 Å². The predicted molar refractivity (Wildman–Crippen MR) is 133 cm³/mol. The van der Waals surface area contributed by atoms with E-state index in [2.05, 4.69) is 0 Å². The first kappa shape index (κ1) is 21.3. The Morgan fingerprint density at radius 2 is 1.83 bits per heavy atom. The number of rotatable bonds is 1. The third-order valence-corrected chi connectivity index (χ3v) is 8.15. The summed E-state index contributed by atoms with van der Waals surface area (Å²) in [4.78, 5) is 28.5. The molecule has 1 saturated heterocycles. The Bertz CT molecular complexity index is 1610. The molecule has 4 aromatic rings. The van der Waals surface area contributed by atoms with E-state index >= 15 is 0 Å². The first-order valence-electron chi connectivity index (χ1n) is 11.6. The van der Waals surface area contributed by atoms with Crippen molar-refractivity contribution in [2.45, 2.75) is 12.2 Å². The fourth-order valence-corrected chi connectivity index (χ4v) is 6.61. The second-order valence-electron chi connectivity index (χ2n) is 9.04. The van der Waals surface area contributed by atoms with Gasteiger partial charge in [0.1, 0.15) is 12.0 Å². The molecule has 36 heavy (non-hydrogen) atoms. The Morgan fingerprint density at radius 3 is 2.72 bits per heavy atom. The van der Waals surface area contributed by atoms with Gasteiger partial charge in [0.25, 0.3) is 5.91 Å². The van der Waals surface area contributed by atoms with Crippen molar-refractivity contribution in [2.24, 2.45) is 0 Å². The van der Waals surface area contributed by atoms with Crippen LogP contribution in [0, 0.1) is 5.82 Å². The highest BCUT2D eigenvalue weighted by molar-refractivity contribution is 7.14. The van der Waals surface area contributed by atoms with Crippen molar-refractivity contribution in [3.8, 4) is 27.3 Å². The van der Waals surface area contributed by atoms with Crippen LogP contribution in [-0.4, -0.2) is 46.5 Å². The molecular weight excluding hydrogens is 481 g/mol. The lowest BCUT2D eigenvalue weighted by Crippen LogP contribution is -2.66. The molecule has 4 heterocycles. The van der Waals surface area contributed by atoms with Crippen LogP contribution in [0.3, 0.4) is 0 Å². The van der Waals surface area contributed by atoms with E-state index in [9.17, 15) is 19.1 Å². The Balaban J connectivity index is 1.57. The van der Waals surface area contributed by atoms with Crippen LogP contribution in [0.2, 0.25) is 0 Å². The van der Waals surface area contributed by atoms with Gasteiger partial charge in [-0.15, -0.1) is 11.3 Å². The average molecular weight is 502 g/mol. The number of aromatic nitrogens is 1. The van der Waals surface area contributed by atoms with Gasteiger partial charge in [-0.2, -0.15) is 0 Å². The topological polar surface area (TPSA) is 75.0 Å². The van der Waals surface area contributed by atoms with Crippen molar-refractivity contribution >= 4 is 17.2 Å². The van der Waals surface area contributed by atoms with Crippen molar-refractivity contribution in [2.75, 3.05) is 24.8 Å². The van der Waals surface area contributed by atoms with Gasteiger partial charge in [0.15, 0.2) is 11.4 Å². The van der Waals surface area contributed by atoms with E-state index in [1.807, 2.05) is 40.7 Å². The summed E-state index contributed by atoms with van der Waals surface area (Å²) in [6, 6.07) is 15.6. The second kappa shape index (κ2) is 7.78. The van der Waals surface area contributed by atoms with E-state index in [-0.39, 0.29) is 18.1 Å². The number of nitrogens with zero attached hydrogens (tertiary/aromatic N) is 3. The van der Waals surface area contributed by atoms with Gasteiger partial charge in [-0.05, 0) is 45.8 Å². The van der Waals surface area contributed by atoms with E-state index < -0.39 is 29.3 Å². The molecule has 0 radical (unpaired) electrons. The maximum Gasteiger partial charge on any atom is 0.278 e. The van der Waals surface area contributed by atoms with Crippen molar-refractivity contribution in [1.29, 1.82) is 0 Å². The van der Waals surface area contributed by atoms with Crippen LogP contribution in [-0.2, 0) is 4.74 Å². The zero-order chi connectivity index (χ0) is 24.6. The minimum Gasteiger partial charge on any atom is -0.502 e. The van der Waals surface area contributed by atoms with Gasteiger partial charge in [0.2, 0.25) is 5.43 Å². The molecule has 1 amide bonds. The van der Waals surface area contributed by atoms with E-state index in [0.717, 1.165) is 32.7 Å². The monoisotopic (exact) mass is 501 g/mol. The summed E-state index contributed by atoms with van der Waals surface area (Å²) in [6.45, 7) is 0.920. The van der Waals surface area contributed by atoms with Crippen LogP contribution in [0.1, 0.15) is 27.7 Å². The highest BCUT2D eigenvalue weighted by Gasteiger charge is 2.46. The maximum absolute atomic E-state index is 14.6. The minimum atomic E-state index is -0.618. The van der Waals surface area contributed by atoms with Crippen LogP contribution >= 0.6 is 11.3 Å². The standard InChI is InChI=1S/C27H20FN3O4S/c28-15-5-6-17-20(13-15)19-8-12-36-26(19)18-4-2-1-3-16(18)23(17)31-22-14-35-11-10-29(22)27(34)24-25(33)21(32)7-9-30(24)31/h1-9,12-13,22-23,33H,10-11,14H2/t22-,23+/m1/s1. The number of hydrogen-bond donors (Lipinski definition) is 1. The molecule has 2 atom stereocenters. The molecule has 2 aromatic heterocycles. The van der Waals surface area contributed by atoms with Gasteiger partial charge in [0.05, 0.1) is 19.3 Å². The van der Waals surface area contributed by atoms with Crippen LogP contribution in [0.25, 0.3) is 21.6 Å². The molecule has 2 aromatic carbocycles.